The maximum Gasteiger partial charge on any atom is 0.131 e. The molecule has 0 aliphatic heterocycles. The monoisotopic (exact) mass is 271 g/mol. The van der Waals surface area contributed by atoms with E-state index in [1.54, 1.807) is 7.11 Å². The Labute approximate surface area is 120 Å². The standard InChI is InChI=1S/C17H21NO2/c1-13(2)18-12-14-7-4-5-10-17(14)20-16-9-6-8-15(11-16)19-3/h4-11,13,18H,12H2,1-3H3. The first-order valence-electron chi connectivity index (χ1n) is 6.82. The Hall–Kier alpha value is -2.00. The van der Waals surface area contributed by atoms with E-state index in [9.17, 15) is 0 Å². The third-order valence-corrected chi connectivity index (χ3v) is 2.94. The maximum atomic E-state index is 5.96. The number of ether oxygens (including phenoxy) is 2. The van der Waals surface area contributed by atoms with E-state index in [2.05, 4.69) is 25.2 Å². The Bertz CT molecular complexity index is 552. The lowest BCUT2D eigenvalue weighted by Gasteiger charge is -2.13. The zero-order chi connectivity index (χ0) is 14.4. The molecule has 0 bridgehead atoms. The summed E-state index contributed by atoms with van der Waals surface area (Å²) in [5.74, 6) is 2.44. The quantitative estimate of drug-likeness (QED) is 0.862. The van der Waals surface area contributed by atoms with Crippen molar-refractivity contribution in [3.05, 3.63) is 54.1 Å². The number of para-hydroxylation sites is 1. The van der Waals surface area contributed by atoms with Crippen molar-refractivity contribution in [2.24, 2.45) is 0 Å². The molecule has 2 rings (SSSR count). The molecule has 0 atom stereocenters. The summed E-state index contributed by atoms with van der Waals surface area (Å²) in [6.07, 6.45) is 0. The normalized spacial score (nSPS) is 10.6. The minimum atomic E-state index is 0.444. The van der Waals surface area contributed by atoms with Crippen molar-refractivity contribution in [1.29, 1.82) is 0 Å². The molecular formula is C17H21NO2. The van der Waals surface area contributed by atoms with Crippen molar-refractivity contribution in [2.45, 2.75) is 26.4 Å². The number of nitrogens with one attached hydrogen (secondary N) is 1. The maximum absolute atomic E-state index is 5.96. The second-order valence-electron chi connectivity index (χ2n) is 4.92. The van der Waals surface area contributed by atoms with E-state index in [0.717, 1.165) is 29.4 Å². The van der Waals surface area contributed by atoms with Crippen LogP contribution in [-0.4, -0.2) is 13.2 Å². The van der Waals surface area contributed by atoms with Crippen LogP contribution in [0.4, 0.5) is 0 Å². The van der Waals surface area contributed by atoms with Gasteiger partial charge < -0.3 is 14.8 Å². The summed E-state index contributed by atoms with van der Waals surface area (Å²) in [7, 11) is 1.65. The van der Waals surface area contributed by atoms with E-state index in [1.165, 1.54) is 0 Å². The molecule has 0 saturated heterocycles. The highest BCUT2D eigenvalue weighted by atomic mass is 16.5. The predicted octanol–water partition coefficient (Wildman–Crippen LogP) is 3.99. The molecule has 0 heterocycles. The van der Waals surface area contributed by atoms with Gasteiger partial charge >= 0.3 is 0 Å². The summed E-state index contributed by atoms with van der Waals surface area (Å²) < 4.78 is 11.2. The summed E-state index contributed by atoms with van der Waals surface area (Å²) in [6, 6.07) is 16.1. The van der Waals surface area contributed by atoms with E-state index in [1.807, 2.05) is 42.5 Å². The van der Waals surface area contributed by atoms with Crippen LogP contribution in [0.2, 0.25) is 0 Å². The second-order valence-corrected chi connectivity index (χ2v) is 4.92. The minimum Gasteiger partial charge on any atom is -0.497 e. The Balaban J connectivity index is 2.15. The van der Waals surface area contributed by atoms with Gasteiger partial charge in [0.15, 0.2) is 0 Å². The zero-order valence-electron chi connectivity index (χ0n) is 12.2. The van der Waals surface area contributed by atoms with E-state index >= 15 is 0 Å². The van der Waals surface area contributed by atoms with Crippen LogP contribution < -0.4 is 14.8 Å². The van der Waals surface area contributed by atoms with Gasteiger partial charge in [0, 0.05) is 24.2 Å². The first kappa shape index (κ1) is 14.4. The molecule has 0 aliphatic carbocycles. The van der Waals surface area contributed by atoms with Crippen LogP contribution in [0.15, 0.2) is 48.5 Å². The largest absolute Gasteiger partial charge is 0.497 e. The van der Waals surface area contributed by atoms with E-state index in [-0.39, 0.29) is 0 Å². The Kier molecular flexibility index (Phi) is 5.02. The van der Waals surface area contributed by atoms with Crippen LogP contribution >= 0.6 is 0 Å². The number of benzene rings is 2. The molecule has 106 valence electrons. The fourth-order valence-corrected chi connectivity index (χ4v) is 1.86. The molecule has 0 unspecified atom stereocenters. The van der Waals surface area contributed by atoms with Gasteiger partial charge in [0.05, 0.1) is 7.11 Å². The average molecular weight is 271 g/mol. The topological polar surface area (TPSA) is 30.5 Å². The van der Waals surface area contributed by atoms with E-state index in [0.29, 0.717) is 6.04 Å². The number of rotatable bonds is 6. The van der Waals surface area contributed by atoms with Gasteiger partial charge in [-0.25, -0.2) is 0 Å². The van der Waals surface area contributed by atoms with Crippen LogP contribution in [0.5, 0.6) is 17.2 Å². The highest BCUT2D eigenvalue weighted by Crippen LogP contribution is 2.27. The Morgan fingerprint density at radius 2 is 1.75 bits per heavy atom. The molecule has 0 aliphatic rings. The minimum absolute atomic E-state index is 0.444. The molecule has 0 fully saturated rings. The van der Waals surface area contributed by atoms with Gasteiger partial charge in [-0.1, -0.05) is 38.1 Å². The third kappa shape index (κ3) is 4.00. The fraction of sp³-hybridized carbons (Fsp3) is 0.294. The molecule has 2 aromatic rings. The lowest BCUT2D eigenvalue weighted by atomic mass is 10.2. The van der Waals surface area contributed by atoms with Crippen molar-refractivity contribution < 1.29 is 9.47 Å². The van der Waals surface area contributed by atoms with E-state index in [4.69, 9.17) is 9.47 Å². The first-order valence-corrected chi connectivity index (χ1v) is 6.82. The Morgan fingerprint density at radius 3 is 2.50 bits per heavy atom. The molecule has 3 nitrogen and oxygen atoms in total. The molecule has 0 spiro atoms. The molecule has 1 N–H and O–H groups in total. The fourth-order valence-electron chi connectivity index (χ4n) is 1.86. The lowest BCUT2D eigenvalue weighted by Crippen LogP contribution is -2.22. The van der Waals surface area contributed by atoms with Crippen molar-refractivity contribution in [3.63, 3.8) is 0 Å². The highest BCUT2D eigenvalue weighted by molar-refractivity contribution is 5.40. The van der Waals surface area contributed by atoms with Crippen LogP contribution in [0.3, 0.4) is 0 Å². The molecule has 2 aromatic carbocycles. The highest BCUT2D eigenvalue weighted by Gasteiger charge is 2.05. The number of hydrogen-bond acceptors (Lipinski definition) is 3. The summed E-state index contributed by atoms with van der Waals surface area (Å²) in [6.45, 7) is 5.05. The number of hydrogen-bond donors (Lipinski definition) is 1. The second kappa shape index (κ2) is 6.96. The Morgan fingerprint density at radius 1 is 1.00 bits per heavy atom. The van der Waals surface area contributed by atoms with Crippen molar-refractivity contribution in [2.75, 3.05) is 7.11 Å². The van der Waals surface area contributed by atoms with Gasteiger partial charge in [-0.3, -0.25) is 0 Å². The van der Waals surface area contributed by atoms with Crippen LogP contribution in [0, 0.1) is 0 Å². The summed E-state index contributed by atoms with van der Waals surface area (Å²) in [4.78, 5) is 0. The van der Waals surface area contributed by atoms with Gasteiger partial charge in [0.2, 0.25) is 0 Å². The lowest BCUT2D eigenvalue weighted by molar-refractivity contribution is 0.408. The smallest absolute Gasteiger partial charge is 0.131 e. The zero-order valence-corrected chi connectivity index (χ0v) is 12.2. The van der Waals surface area contributed by atoms with Crippen molar-refractivity contribution >= 4 is 0 Å². The SMILES string of the molecule is COc1cccc(Oc2ccccc2CNC(C)C)c1. The molecule has 0 aromatic heterocycles. The van der Waals surface area contributed by atoms with Crippen LogP contribution in [-0.2, 0) is 6.54 Å². The predicted molar refractivity (Wildman–Crippen MR) is 81.5 cm³/mol. The average Bonchev–Trinajstić information content (AvgIpc) is 2.46. The summed E-state index contributed by atoms with van der Waals surface area (Å²) >= 11 is 0. The van der Waals surface area contributed by atoms with Crippen molar-refractivity contribution in [1.82, 2.24) is 5.32 Å². The first-order chi connectivity index (χ1) is 9.69. The molecule has 0 radical (unpaired) electrons. The van der Waals surface area contributed by atoms with Gasteiger partial charge in [0.1, 0.15) is 17.2 Å². The van der Waals surface area contributed by atoms with Gasteiger partial charge in [-0.2, -0.15) is 0 Å². The van der Waals surface area contributed by atoms with E-state index < -0.39 is 0 Å². The number of methoxy groups -OCH3 is 1. The van der Waals surface area contributed by atoms with Crippen LogP contribution in [0.1, 0.15) is 19.4 Å². The molecular weight excluding hydrogens is 250 g/mol. The summed E-state index contributed by atoms with van der Waals surface area (Å²) in [5, 5.41) is 3.41. The van der Waals surface area contributed by atoms with Gasteiger partial charge in [-0.15, -0.1) is 0 Å². The summed E-state index contributed by atoms with van der Waals surface area (Å²) in [5.41, 5.74) is 1.14. The molecule has 20 heavy (non-hydrogen) atoms. The molecule has 0 amide bonds. The van der Waals surface area contributed by atoms with Gasteiger partial charge in [0.25, 0.3) is 0 Å². The molecule has 3 heteroatoms. The van der Waals surface area contributed by atoms with Crippen LogP contribution in [0.25, 0.3) is 0 Å². The third-order valence-electron chi connectivity index (χ3n) is 2.94. The van der Waals surface area contributed by atoms with Crippen molar-refractivity contribution in [3.8, 4) is 17.2 Å². The van der Waals surface area contributed by atoms with Gasteiger partial charge in [-0.05, 0) is 18.2 Å². The molecule has 0 saturated carbocycles.